The number of nitrogens with zero attached hydrogens (tertiary/aromatic N) is 3. The molecule has 5 rings (SSSR count). The van der Waals surface area contributed by atoms with Gasteiger partial charge in [-0.2, -0.15) is 4.98 Å². The lowest BCUT2D eigenvalue weighted by atomic mass is 10.1. The first-order chi connectivity index (χ1) is 15.6. The molecule has 1 aliphatic heterocycles. The highest BCUT2D eigenvalue weighted by atomic mass is 32.2. The molecule has 1 aliphatic rings. The molecule has 0 unspecified atom stereocenters. The van der Waals surface area contributed by atoms with E-state index in [-0.39, 0.29) is 30.0 Å². The van der Waals surface area contributed by atoms with Crippen LogP contribution in [-0.2, 0) is 6.54 Å². The fourth-order valence-corrected chi connectivity index (χ4v) is 4.59. The van der Waals surface area contributed by atoms with E-state index in [0.29, 0.717) is 17.9 Å². The van der Waals surface area contributed by atoms with Gasteiger partial charge in [-0.15, -0.1) is 0 Å². The van der Waals surface area contributed by atoms with Crippen molar-refractivity contribution in [3.8, 4) is 11.4 Å². The monoisotopic (exact) mass is 446 g/mol. The molecule has 2 amide bonds. The largest absolute Gasteiger partial charge is 0.459 e. The van der Waals surface area contributed by atoms with Gasteiger partial charge in [0, 0.05) is 21.9 Å². The Kier molecular flexibility index (Phi) is 5.24. The Morgan fingerprint density at radius 3 is 2.81 bits per heavy atom. The summed E-state index contributed by atoms with van der Waals surface area (Å²) in [6, 6.07) is 16.5. The average molecular weight is 446 g/mol. The minimum absolute atomic E-state index is 0.0174. The SMILES string of the molecule is CCN1C(=O)c2ccccc2Sc2cc(-c3noc(CNC(=O)c4ccco4)n3)ccc21. The van der Waals surface area contributed by atoms with Crippen molar-refractivity contribution in [1.82, 2.24) is 15.5 Å². The maximum atomic E-state index is 13.0. The van der Waals surface area contributed by atoms with Crippen LogP contribution >= 0.6 is 11.8 Å². The molecule has 2 aromatic heterocycles. The third-order valence-electron chi connectivity index (χ3n) is 5.02. The van der Waals surface area contributed by atoms with E-state index in [1.807, 2.05) is 49.4 Å². The lowest BCUT2D eigenvalue weighted by Gasteiger charge is -2.21. The number of amides is 2. The first-order valence-electron chi connectivity index (χ1n) is 10.0. The third kappa shape index (κ3) is 3.67. The van der Waals surface area contributed by atoms with E-state index in [1.165, 1.54) is 18.0 Å². The molecule has 0 aliphatic carbocycles. The Hall–Kier alpha value is -3.85. The lowest BCUT2D eigenvalue weighted by Crippen LogP contribution is -2.30. The van der Waals surface area contributed by atoms with Crippen LogP contribution in [0.1, 0.15) is 33.7 Å². The third-order valence-corrected chi connectivity index (χ3v) is 6.14. The number of fused-ring (bicyclic) bond motifs is 2. The zero-order chi connectivity index (χ0) is 22.1. The number of nitrogens with one attached hydrogen (secondary N) is 1. The number of aromatic nitrogens is 2. The average Bonchev–Trinajstić information content (AvgIpc) is 3.50. The van der Waals surface area contributed by atoms with Crippen molar-refractivity contribution in [1.29, 1.82) is 0 Å². The van der Waals surface area contributed by atoms with Gasteiger partial charge in [-0.25, -0.2) is 0 Å². The predicted molar refractivity (Wildman–Crippen MR) is 118 cm³/mol. The quantitative estimate of drug-likeness (QED) is 0.485. The molecule has 0 saturated carbocycles. The molecular weight excluding hydrogens is 428 g/mol. The number of hydrogen-bond acceptors (Lipinski definition) is 7. The predicted octanol–water partition coefficient (Wildman–Crippen LogP) is 4.39. The summed E-state index contributed by atoms with van der Waals surface area (Å²) in [5.41, 5.74) is 2.29. The van der Waals surface area contributed by atoms with E-state index in [9.17, 15) is 9.59 Å². The first-order valence-corrected chi connectivity index (χ1v) is 10.8. The molecule has 2 aromatic carbocycles. The van der Waals surface area contributed by atoms with Gasteiger partial charge >= 0.3 is 0 Å². The van der Waals surface area contributed by atoms with Crippen LogP contribution in [0.2, 0.25) is 0 Å². The van der Waals surface area contributed by atoms with Crippen molar-refractivity contribution in [3.05, 3.63) is 78.1 Å². The molecule has 1 N–H and O–H groups in total. The van der Waals surface area contributed by atoms with Crippen molar-refractivity contribution in [2.24, 2.45) is 0 Å². The van der Waals surface area contributed by atoms with Crippen molar-refractivity contribution >= 4 is 29.3 Å². The maximum Gasteiger partial charge on any atom is 0.287 e. The van der Waals surface area contributed by atoms with E-state index in [1.54, 1.807) is 17.0 Å². The Labute approximate surface area is 187 Å². The van der Waals surface area contributed by atoms with Crippen molar-refractivity contribution < 1.29 is 18.5 Å². The number of furan rings is 1. The number of carbonyl (C=O) groups excluding carboxylic acids is 2. The standard InChI is InChI=1S/C23H18N4O4S/c1-2-27-16-10-9-14(12-19(16)32-18-8-4-3-6-15(18)23(27)29)21-25-20(31-26-21)13-24-22(28)17-7-5-11-30-17/h3-12H,2,13H2,1H3,(H,24,28). The first kappa shape index (κ1) is 20.1. The molecule has 0 fully saturated rings. The van der Waals surface area contributed by atoms with Gasteiger partial charge in [0.2, 0.25) is 11.7 Å². The number of rotatable bonds is 5. The number of hydrogen-bond donors (Lipinski definition) is 1. The van der Waals surface area contributed by atoms with Gasteiger partial charge in [0.15, 0.2) is 5.76 Å². The summed E-state index contributed by atoms with van der Waals surface area (Å²) >= 11 is 1.54. The molecule has 0 saturated heterocycles. The van der Waals surface area contributed by atoms with Crippen LogP contribution < -0.4 is 10.2 Å². The van der Waals surface area contributed by atoms with Gasteiger partial charge in [0.25, 0.3) is 11.8 Å². The van der Waals surface area contributed by atoms with Gasteiger partial charge < -0.3 is 19.2 Å². The maximum absolute atomic E-state index is 13.0. The fourth-order valence-electron chi connectivity index (χ4n) is 3.47. The van der Waals surface area contributed by atoms with Crippen molar-refractivity contribution in [2.45, 2.75) is 23.3 Å². The highest BCUT2D eigenvalue weighted by Crippen LogP contribution is 2.42. The highest BCUT2D eigenvalue weighted by Gasteiger charge is 2.26. The summed E-state index contributed by atoms with van der Waals surface area (Å²) in [5, 5.41) is 6.72. The zero-order valence-corrected chi connectivity index (χ0v) is 17.9. The van der Waals surface area contributed by atoms with Gasteiger partial charge in [0.05, 0.1) is 24.1 Å². The molecule has 9 heteroatoms. The minimum Gasteiger partial charge on any atom is -0.459 e. The Balaban J connectivity index is 1.41. The second-order valence-electron chi connectivity index (χ2n) is 7.00. The van der Waals surface area contributed by atoms with Crippen LogP contribution in [0.3, 0.4) is 0 Å². The van der Waals surface area contributed by atoms with E-state index in [0.717, 1.165) is 21.0 Å². The molecule has 3 heterocycles. The van der Waals surface area contributed by atoms with Crippen LogP contribution in [0, 0.1) is 0 Å². The minimum atomic E-state index is -0.362. The molecule has 8 nitrogen and oxygen atoms in total. The second kappa shape index (κ2) is 8.35. The number of carbonyl (C=O) groups is 2. The second-order valence-corrected chi connectivity index (χ2v) is 8.09. The van der Waals surface area contributed by atoms with Crippen LogP contribution in [0.15, 0.2) is 79.6 Å². The van der Waals surface area contributed by atoms with Gasteiger partial charge in [-0.1, -0.05) is 29.1 Å². The Bertz CT molecular complexity index is 1300. The zero-order valence-electron chi connectivity index (χ0n) is 17.1. The highest BCUT2D eigenvalue weighted by molar-refractivity contribution is 7.99. The molecule has 32 heavy (non-hydrogen) atoms. The summed E-state index contributed by atoms with van der Waals surface area (Å²) in [7, 11) is 0. The molecule has 0 atom stereocenters. The molecular formula is C23H18N4O4S. The van der Waals surface area contributed by atoms with E-state index in [4.69, 9.17) is 8.94 Å². The smallest absolute Gasteiger partial charge is 0.287 e. The van der Waals surface area contributed by atoms with Gasteiger partial charge in [0.1, 0.15) is 0 Å². The van der Waals surface area contributed by atoms with Crippen LogP contribution in [0.5, 0.6) is 0 Å². The van der Waals surface area contributed by atoms with E-state index >= 15 is 0 Å². The van der Waals surface area contributed by atoms with E-state index in [2.05, 4.69) is 15.5 Å². The molecule has 0 spiro atoms. The van der Waals surface area contributed by atoms with Crippen LogP contribution in [0.4, 0.5) is 5.69 Å². The van der Waals surface area contributed by atoms with Crippen molar-refractivity contribution in [3.63, 3.8) is 0 Å². The van der Waals surface area contributed by atoms with Crippen LogP contribution in [-0.4, -0.2) is 28.5 Å². The van der Waals surface area contributed by atoms with E-state index < -0.39 is 0 Å². The summed E-state index contributed by atoms with van der Waals surface area (Å²) in [6.45, 7) is 2.59. The van der Waals surface area contributed by atoms with Crippen molar-refractivity contribution in [2.75, 3.05) is 11.4 Å². The topological polar surface area (TPSA) is 101 Å². The van der Waals surface area contributed by atoms with Gasteiger partial charge in [-0.3, -0.25) is 9.59 Å². The lowest BCUT2D eigenvalue weighted by molar-refractivity contribution is 0.0917. The molecule has 0 bridgehead atoms. The summed E-state index contributed by atoms with van der Waals surface area (Å²) < 4.78 is 10.4. The van der Waals surface area contributed by atoms with Gasteiger partial charge in [-0.05, 0) is 49.4 Å². The molecule has 160 valence electrons. The number of benzene rings is 2. The summed E-state index contributed by atoms with van der Waals surface area (Å²) in [4.78, 5) is 33.0. The normalized spacial score (nSPS) is 12.8. The fraction of sp³-hybridized carbons (Fsp3) is 0.130. The molecule has 0 radical (unpaired) electrons. The Morgan fingerprint density at radius 2 is 2.00 bits per heavy atom. The Morgan fingerprint density at radius 1 is 1.12 bits per heavy atom. The number of anilines is 1. The summed E-state index contributed by atoms with van der Waals surface area (Å²) in [5.74, 6) is 0.513. The summed E-state index contributed by atoms with van der Waals surface area (Å²) in [6.07, 6.45) is 1.43. The van der Waals surface area contributed by atoms with Crippen LogP contribution in [0.25, 0.3) is 11.4 Å². The molecule has 4 aromatic rings.